The number of fused-ring (bicyclic) bond motifs is 1. The molecule has 0 unspecified atom stereocenters. The third-order valence-corrected chi connectivity index (χ3v) is 4.01. The molecule has 0 saturated heterocycles. The van der Waals surface area contributed by atoms with Crippen LogP contribution in [0.15, 0.2) is 42.6 Å². The van der Waals surface area contributed by atoms with Gasteiger partial charge in [0.2, 0.25) is 11.8 Å². The van der Waals surface area contributed by atoms with Gasteiger partial charge in [-0.1, -0.05) is 18.2 Å². The van der Waals surface area contributed by atoms with E-state index in [4.69, 9.17) is 4.74 Å². The first-order valence-electron chi connectivity index (χ1n) is 8.25. The third-order valence-electron chi connectivity index (χ3n) is 4.01. The Hall–Kier alpha value is -3.61. The van der Waals surface area contributed by atoms with E-state index in [1.54, 1.807) is 24.4 Å². The van der Waals surface area contributed by atoms with Crippen molar-refractivity contribution in [3.05, 3.63) is 42.6 Å². The number of pyridine rings is 1. The predicted octanol–water partition coefficient (Wildman–Crippen LogP) is 3.53. The van der Waals surface area contributed by atoms with Crippen molar-refractivity contribution in [2.24, 2.45) is 0 Å². The second kappa shape index (κ2) is 7.33. The number of rotatable bonds is 4. The number of ether oxygens (including phenoxy) is 1. The molecular formula is C20H19N3O4. The topological polar surface area (TPSA) is 101 Å². The molecule has 27 heavy (non-hydrogen) atoms. The summed E-state index contributed by atoms with van der Waals surface area (Å²) in [6.45, 7) is 2.79. The standard InChI is InChI=1S/C20H19N3O4/c1-11(24)22-15-7-5-4-6-13(15)14-8-9-21-19-18(14)17(27-3)10-16(20(19)26)23-12(2)25/h4-10,26H,1-3H3,(H,22,24)(H,23,25). The molecule has 2 aromatic carbocycles. The lowest BCUT2D eigenvalue weighted by atomic mass is 9.98. The SMILES string of the molecule is COc1cc(NC(C)=O)c(O)c2nccc(-c3ccccc3NC(C)=O)c12. The molecule has 2 amide bonds. The number of carbonyl (C=O) groups excluding carboxylic acids is 2. The van der Waals surface area contributed by atoms with Crippen molar-refractivity contribution in [1.29, 1.82) is 0 Å². The number of carbonyl (C=O) groups is 2. The van der Waals surface area contributed by atoms with Gasteiger partial charge >= 0.3 is 0 Å². The van der Waals surface area contributed by atoms with Gasteiger partial charge in [0.25, 0.3) is 0 Å². The smallest absolute Gasteiger partial charge is 0.221 e. The summed E-state index contributed by atoms with van der Waals surface area (Å²) >= 11 is 0. The van der Waals surface area contributed by atoms with Crippen LogP contribution in [0, 0.1) is 0 Å². The van der Waals surface area contributed by atoms with Gasteiger partial charge in [0.1, 0.15) is 11.3 Å². The molecule has 0 saturated carbocycles. The molecule has 0 fully saturated rings. The van der Waals surface area contributed by atoms with Gasteiger partial charge in [-0.05, 0) is 17.7 Å². The summed E-state index contributed by atoms with van der Waals surface area (Å²) in [5.41, 5.74) is 2.61. The summed E-state index contributed by atoms with van der Waals surface area (Å²) in [5, 5.41) is 16.6. The maximum Gasteiger partial charge on any atom is 0.221 e. The second-order valence-electron chi connectivity index (χ2n) is 5.97. The van der Waals surface area contributed by atoms with Crippen molar-refractivity contribution in [2.45, 2.75) is 13.8 Å². The minimum absolute atomic E-state index is 0.153. The first-order valence-corrected chi connectivity index (χ1v) is 8.25. The number of aromatic hydroxyl groups is 1. The number of hydrogen-bond donors (Lipinski definition) is 3. The van der Waals surface area contributed by atoms with Crippen molar-refractivity contribution in [1.82, 2.24) is 4.98 Å². The van der Waals surface area contributed by atoms with Gasteiger partial charge in [-0.25, -0.2) is 0 Å². The Bertz CT molecular complexity index is 1050. The molecule has 0 bridgehead atoms. The first kappa shape index (κ1) is 18.2. The molecule has 0 radical (unpaired) electrons. The van der Waals surface area contributed by atoms with E-state index in [1.807, 2.05) is 18.2 Å². The molecule has 3 aromatic rings. The van der Waals surface area contributed by atoms with Crippen LogP contribution in [0.5, 0.6) is 11.5 Å². The highest BCUT2D eigenvalue weighted by Crippen LogP contribution is 2.44. The van der Waals surface area contributed by atoms with Crippen LogP contribution < -0.4 is 15.4 Å². The van der Waals surface area contributed by atoms with E-state index >= 15 is 0 Å². The number of amides is 2. The number of benzene rings is 2. The van der Waals surface area contributed by atoms with Gasteiger partial charge in [-0.15, -0.1) is 0 Å². The molecule has 7 heteroatoms. The van der Waals surface area contributed by atoms with E-state index in [2.05, 4.69) is 15.6 Å². The average Bonchev–Trinajstić information content (AvgIpc) is 2.63. The van der Waals surface area contributed by atoms with Crippen LogP contribution in [0.3, 0.4) is 0 Å². The molecule has 138 valence electrons. The normalized spacial score (nSPS) is 10.5. The van der Waals surface area contributed by atoms with Crippen LogP contribution in [0.4, 0.5) is 11.4 Å². The van der Waals surface area contributed by atoms with Crippen molar-refractivity contribution >= 4 is 34.1 Å². The van der Waals surface area contributed by atoms with E-state index in [0.29, 0.717) is 16.8 Å². The fourth-order valence-corrected chi connectivity index (χ4v) is 2.98. The van der Waals surface area contributed by atoms with Crippen LogP contribution in [0.25, 0.3) is 22.0 Å². The zero-order valence-corrected chi connectivity index (χ0v) is 15.2. The predicted molar refractivity (Wildman–Crippen MR) is 104 cm³/mol. The Kier molecular flexibility index (Phi) is 4.94. The molecule has 1 heterocycles. The Labute approximate surface area is 156 Å². The van der Waals surface area contributed by atoms with Crippen molar-refractivity contribution in [3.8, 4) is 22.6 Å². The van der Waals surface area contributed by atoms with Gasteiger partial charge in [0.15, 0.2) is 5.75 Å². The molecule has 0 aliphatic rings. The van der Waals surface area contributed by atoms with Crippen molar-refractivity contribution in [3.63, 3.8) is 0 Å². The van der Waals surface area contributed by atoms with Crippen LogP contribution in [0.2, 0.25) is 0 Å². The van der Waals surface area contributed by atoms with E-state index in [9.17, 15) is 14.7 Å². The summed E-state index contributed by atoms with van der Waals surface area (Å²) in [6, 6.07) is 10.7. The summed E-state index contributed by atoms with van der Waals surface area (Å²) in [4.78, 5) is 27.2. The minimum atomic E-state index is -0.320. The molecule has 3 N–H and O–H groups in total. The first-order chi connectivity index (χ1) is 12.9. The van der Waals surface area contributed by atoms with Crippen LogP contribution in [-0.2, 0) is 9.59 Å². The average molecular weight is 365 g/mol. The highest BCUT2D eigenvalue weighted by atomic mass is 16.5. The summed E-state index contributed by atoms with van der Waals surface area (Å²) in [5.74, 6) is -0.227. The zero-order chi connectivity index (χ0) is 19.6. The number of anilines is 2. The van der Waals surface area contributed by atoms with Gasteiger partial charge in [-0.3, -0.25) is 14.6 Å². The number of hydrogen-bond acceptors (Lipinski definition) is 5. The molecule has 0 aliphatic heterocycles. The molecule has 0 aliphatic carbocycles. The third kappa shape index (κ3) is 3.52. The van der Waals surface area contributed by atoms with E-state index in [1.165, 1.54) is 21.0 Å². The Morgan fingerprint density at radius 1 is 1.00 bits per heavy atom. The van der Waals surface area contributed by atoms with Crippen molar-refractivity contribution < 1.29 is 19.4 Å². The fourth-order valence-electron chi connectivity index (χ4n) is 2.98. The molecule has 0 atom stereocenters. The van der Waals surface area contributed by atoms with Gasteiger partial charge in [-0.2, -0.15) is 0 Å². The van der Waals surface area contributed by atoms with E-state index < -0.39 is 0 Å². The quantitative estimate of drug-likeness (QED) is 0.614. The number of aromatic nitrogens is 1. The molecule has 7 nitrogen and oxygen atoms in total. The number of para-hydroxylation sites is 1. The second-order valence-corrected chi connectivity index (χ2v) is 5.97. The zero-order valence-electron chi connectivity index (χ0n) is 15.2. The number of phenolic OH excluding ortho intramolecular Hbond substituents is 1. The molecule has 0 spiro atoms. The van der Waals surface area contributed by atoms with Crippen LogP contribution in [0.1, 0.15) is 13.8 Å². The Balaban J connectivity index is 2.32. The number of nitrogens with zero attached hydrogens (tertiary/aromatic N) is 1. The highest BCUT2D eigenvalue weighted by Gasteiger charge is 2.19. The fraction of sp³-hybridized carbons (Fsp3) is 0.150. The van der Waals surface area contributed by atoms with Crippen molar-refractivity contribution in [2.75, 3.05) is 17.7 Å². The molecule has 1 aromatic heterocycles. The lowest BCUT2D eigenvalue weighted by Crippen LogP contribution is -2.07. The lowest BCUT2D eigenvalue weighted by Gasteiger charge is -2.16. The maximum absolute atomic E-state index is 11.6. The lowest BCUT2D eigenvalue weighted by molar-refractivity contribution is -0.115. The number of methoxy groups -OCH3 is 1. The molecule has 3 rings (SSSR count). The summed E-state index contributed by atoms with van der Waals surface area (Å²) in [7, 11) is 1.50. The molecular weight excluding hydrogens is 346 g/mol. The van der Waals surface area contributed by atoms with Gasteiger partial charge in [0, 0.05) is 37.4 Å². The Morgan fingerprint density at radius 3 is 2.33 bits per heavy atom. The summed E-state index contributed by atoms with van der Waals surface area (Å²) in [6.07, 6.45) is 1.55. The monoisotopic (exact) mass is 365 g/mol. The number of nitrogens with one attached hydrogen (secondary N) is 2. The minimum Gasteiger partial charge on any atom is -0.504 e. The van der Waals surface area contributed by atoms with Gasteiger partial charge in [0.05, 0.1) is 18.2 Å². The maximum atomic E-state index is 11.6. The Morgan fingerprint density at radius 2 is 1.67 bits per heavy atom. The largest absolute Gasteiger partial charge is 0.504 e. The highest BCUT2D eigenvalue weighted by molar-refractivity contribution is 6.08. The van der Waals surface area contributed by atoms with Crippen LogP contribution in [-0.4, -0.2) is 29.0 Å². The van der Waals surface area contributed by atoms with Gasteiger partial charge < -0.3 is 20.5 Å². The number of phenols is 1. The van der Waals surface area contributed by atoms with Crippen LogP contribution >= 0.6 is 0 Å². The van der Waals surface area contributed by atoms with E-state index in [-0.39, 0.29) is 28.8 Å². The summed E-state index contributed by atoms with van der Waals surface area (Å²) < 4.78 is 5.50. The van der Waals surface area contributed by atoms with E-state index in [0.717, 1.165) is 11.1 Å².